The molecule has 1 aliphatic heterocycles. The van der Waals surface area contributed by atoms with Crippen molar-refractivity contribution in [2.75, 3.05) is 19.6 Å². The average molecular weight is 283 g/mol. The van der Waals surface area contributed by atoms with Crippen molar-refractivity contribution in [3.05, 3.63) is 35.9 Å². The second-order valence-corrected chi connectivity index (χ2v) is 4.94. The lowest BCUT2D eigenvalue weighted by Gasteiger charge is -2.25. The largest absolute Gasteiger partial charge is 0.338 e. The molecule has 106 valence electrons. The molecule has 1 N–H and O–H groups in total. The van der Waals surface area contributed by atoms with Crippen LogP contribution in [0.5, 0.6) is 0 Å². The molecule has 1 saturated heterocycles. The zero-order chi connectivity index (χ0) is 12.8. The highest BCUT2D eigenvalue weighted by atomic mass is 35.5. The molecular formula is C15H23ClN2O. The van der Waals surface area contributed by atoms with E-state index in [0.29, 0.717) is 5.91 Å². The first-order valence-electron chi connectivity index (χ1n) is 6.84. The summed E-state index contributed by atoms with van der Waals surface area (Å²) < 4.78 is 0. The number of nitrogens with one attached hydrogen (secondary N) is 1. The van der Waals surface area contributed by atoms with E-state index in [9.17, 15) is 4.79 Å². The fraction of sp³-hybridized carbons (Fsp3) is 0.533. The van der Waals surface area contributed by atoms with Gasteiger partial charge in [0.1, 0.15) is 0 Å². The normalized spacial score (nSPS) is 17.8. The van der Waals surface area contributed by atoms with Crippen LogP contribution in [-0.4, -0.2) is 30.4 Å². The van der Waals surface area contributed by atoms with Crippen LogP contribution in [0.25, 0.3) is 0 Å². The van der Waals surface area contributed by atoms with E-state index in [1.807, 2.05) is 23.1 Å². The average Bonchev–Trinajstić information content (AvgIpc) is 2.92. The molecule has 0 radical (unpaired) electrons. The molecule has 1 aliphatic rings. The third-order valence-electron chi connectivity index (χ3n) is 3.43. The maximum atomic E-state index is 12.4. The maximum Gasteiger partial charge on any atom is 0.227 e. The molecule has 0 aliphatic carbocycles. The Morgan fingerprint density at radius 1 is 1.37 bits per heavy atom. The highest BCUT2D eigenvalue weighted by Crippen LogP contribution is 2.14. The van der Waals surface area contributed by atoms with Crippen LogP contribution in [0.15, 0.2) is 30.3 Å². The summed E-state index contributed by atoms with van der Waals surface area (Å²) in [6.07, 6.45) is 1.99. The number of benzene rings is 1. The molecule has 2 rings (SSSR count). The number of carbonyl (C=O) groups excluding carboxylic acids is 1. The molecule has 0 spiro atoms. The van der Waals surface area contributed by atoms with Crippen LogP contribution >= 0.6 is 12.4 Å². The first kappa shape index (κ1) is 16.0. The third kappa shape index (κ3) is 4.51. The number of nitrogens with zero attached hydrogens (tertiary/aromatic N) is 1. The number of hydrogen-bond acceptors (Lipinski definition) is 2. The van der Waals surface area contributed by atoms with Gasteiger partial charge in [0, 0.05) is 19.6 Å². The molecule has 0 aromatic heterocycles. The standard InChI is InChI=1S/C15H22N2O.ClH/c1-2-10-17(12-13-6-4-3-5-7-13)15(18)14-8-9-16-11-14;/h3-7,14,16H,2,8-12H2,1H3;1H. The van der Waals surface area contributed by atoms with Gasteiger partial charge in [-0.15, -0.1) is 12.4 Å². The smallest absolute Gasteiger partial charge is 0.227 e. The summed E-state index contributed by atoms with van der Waals surface area (Å²) in [4.78, 5) is 14.4. The Labute approximate surface area is 121 Å². The topological polar surface area (TPSA) is 32.3 Å². The van der Waals surface area contributed by atoms with Gasteiger partial charge in [0.15, 0.2) is 0 Å². The van der Waals surface area contributed by atoms with Gasteiger partial charge in [-0.05, 0) is 24.9 Å². The number of halogens is 1. The van der Waals surface area contributed by atoms with Gasteiger partial charge in [-0.3, -0.25) is 4.79 Å². The summed E-state index contributed by atoms with van der Waals surface area (Å²) >= 11 is 0. The van der Waals surface area contributed by atoms with E-state index in [2.05, 4.69) is 24.4 Å². The molecule has 0 bridgehead atoms. The Balaban J connectivity index is 0.00000180. The van der Waals surface area contributed by atoms with Crippen LogP contribution in [0.1, 0.15) is 25.3 Å². The van der Waals surface area contributed by atoms with Crippen molar-refractivity contribution >= 4 is 18.3 Å². The van der Waals surface area contributed by atoms with Crippen molar-refractivity contribution in [1.29, 1.82) is 0 Å². The summed E-state index contributed by atoms with van der Waals surface area (Å²) in [6, 6.07) is 10.2. The minimum Gasteiger partial charge on any atom is -0.338 e. The summed E-state index contributed by atoms with van der Waals surface area (Å²) in [7, 11) is 0. The van der Waals surface area contributed by atoms with Crippen LogP contribution in [0.3, 0.4) is 0 Å². The molecule has 0 saturated carbocycles. The molecule has 1 aromatic carbocycles. The molecule has 3 nitrogen and oxygen atoms in total. The van der Waals surface area contributed by atoms with Gasteiger partial charge in [-0.25, -0.2) is 0 Å². The molecular weight excluding hydrogens is 260 g/mol. The van der Waals surface area contributed by atoms with Gasteiger partial charge >= 0.3 is 0 Å². The first-order chi connectivity index (χ1) is 8.81. The first-order valence-corrected chi connectivity index (χ1v) is 6.84. The van der Waals surface area contributed by atoms with Crippen LogP contribution < -0.4 is 5.32 Å². The minimum atomic E-state index is 0. The zero-order valence-corrected chi connectivity index (χ0v) is 12.3. The molecule has 1 atom stereocenters. The molecule has 1 fully saturated rings. The summed E-state index contributed by atoms with van der Waals surface area (Å²) in [5, 5.41) is 3.27. The van der Waals surface area contributed by atoms with Gasteiger partial charge in [0.05, 0.1) is 5.92 Å². The summed E-state index contributed by atoms with van der Waals surface area (Å²) in [6.45, 7) is 5.53. The van der Waals surface area contributed by atoms with E-state index in [-0.39, 0.29) is 18.3 Å². The van der Waals surface area contributed by atoms with E-state index < -0.39 is 0 Å². The lowest BCUT2D eigenvalue weighted by Crippen LogP contribution is -2.37. The fourth-order valence-electron chi connectivity index (χ4n) is 2.46. The number of rotatable bonds is 5. The summed E-state index contributed by atoms with van der Waals surface area (Å²) in [5.41, 5.74) is 1.21. The Hall–Kier alpha value is -1.06. The summed E-state index contributed by atoms with van der Waals surface area (Å²) in [5.74, 6) is 0.492. The van der Waals surface area contributed by atoms with E-state index in [4.69, 9.17) is 0 Å². The Bertz CT molecular complexity index is 377. The Morgan fingerprint density at radius 2 is 2.11 bits per heavy atom. The highest BCUT2D eigenvalue weighted by molar-refractivity contribution is 5.85. The second-order valence-electron chi connectivity index (χ2n) is 4.94. The molecule has 19 heavy (non-hydrogen) atoms. The van der Waals surface area contributed by atoms with Crippen LogP contribution in [0, 0.1) is 5.92 Å². The number of amides is 1. The minimum absolute atomic E-state index is 0. The van der Waals surface area contributed by atoms with Crippen molar-refractivity contribution in [3.63, 3.8) is 0 Å². The van der Waals surface area contributed by atoms with Crippen molar-refractivity contribution < 1.29 is 4.79 Å². The third-order valence-corrected chi connectivity index (χ3v) is 3.43. The second kappa shape index (κ2) is 8.18. The molecule has 1 amide bonds. The lowest BCUT2D eigenvalue weighted by molar-refractivity contribution is -0.135. The highest BCUT2D eigenvalue weighted by Gasteiger charge is 2.26. The van der Waals surface area contributed by atoms with Gasteiger partial charge < -0.3 is 10.2 Å². The van der Waals surface area contributed by atoms with Crippen LogP contribution in [-0.2, 0) is 11.3 Å². The van der Waals surface area contributed by atoms with Gasteiger partial charge in [-0.2, -0.15) is 0 Å². The Morgan fingerprint density at radius 3 is 2.68 bits per heavy atom. The van der Waals surface area contributed by atoms with E-state index in [1.165, 1.54) is 5.56 Å². The van der Waals surface area contributed by atoms with Crippen molar-refractivity contribution in [2.45, 2.75) is 26.3 Å². The molecule has 1 unspecified atom stereocenters. The fourth-order valence-corrected chi connectivity index (χ4v) is 2.46. The zero-order valence-electron chi connectivity index (χ0n) is 11.5. The SMILES string of the molecule is CCCN(Cc1ccccc1)C(=O)C1CCNC1.Cl. The quantitative estimate of drug-likeness (QED) is 0.900. The lowest BCUT2D eigenvalue weighted by atomic mass is 10.1. The predicted octanol–water partition coefficient (Wildman–Crippen LogP) is 2.46. The Kier molecular flexibility index (Phi) is 6.89. The van der Waals surface area contributed by atoms with E-state index in [1.54, 1.807) is 0 Å². The van der Waals surface area contributed by atoms with E-state index >= 15 is 0 Å². The molecule has 1 heterocycles. The predicted molar refractivity (Wildman–Crippen MR) is 80.4 cm³/mol. The van der Waals surface area contributed by atoms with Crippen LogP contribution in [0.2, 0.25) is 0 Å². The van der Waals surface area contributed by atoms with Crippen LogP contribution in [0.4, 0.5) is 0 Å². The molecule has 1 aromatic rings. The number of carbonyl (C=O) groups is 1. The monoisotopic (exact) mass is 282 g/mol. The number of hydrogen-bond donors (Lipinski definition) is 1. The van der Waals surface area contributed by atoms with Crippen molar-refractivity contribution in [1.82, 2.24) is 10.2 Å². The van der Waals surface area contributed by atoms with Crippen molar-refractivity contribution in [2.24, 2.45) is 5.92 Å². The van der Waals surface area contributed by atoms with Gasteiger partial charge in [0.25, 0.3) is 0 Å². The molecule has 4 heteroatoms. The van der Waals surface area contributed by atoms with Gasteiger partial charge in [-0.1, -0.05) is 37.3 Å². The van der Waals surface area contributed by atoms with Gasteiger partial charge in [0.2, 0.25) is 5.91 Å². The maximum absolute atomic E-state index is 12.4. The van der Waals surface area contributed by atoms with Crippen molar-refractivity contribution in [3.8, 4) is 0 Å². The van der Waals surface area contributed by atoms with E-state index in [0.717, 1.165) is 39.0 Å².